The summed E-state index contributed by atoms with van der Waals surface area (Å²) in [6.07, 6.45) is 2.49. The Morgan fingerprint density at radius 2 is 2.04 bits per heavy atom. The predicted octanol–water partition coefficient (Wildman–Crippen LogP) is 1.08. The Labute approximate surface area is 173 Å². The Morgan fingerprint density at radius 3 is 2.69 bits per heavy atom. The Morgan fingerprint density at radius 1 is 1.27 bits per heavy atom. The smallest absolute Gasteiger partial charge is 0.243 e. The molecule has 1 aliphatic carbocycles. The van der Waals surface area contributed by atoms with Gasteiger partial charge in [0.15, 0.2) is 5.96 Å². The Balaban J connectivity index is 0.00000243. The van der Waals surface area contributed by atoms with E-state index in [1.165, 1.54) is 0 Å². The number of guanidine groups is 1. The van der Waals surface area contributed by atoms with E-state index in [1.54, 1.807) is 19.0 Å². The Hall–Kier alpha value is -0.610. The number of carbonyl (C=O) groups excluding carboxylic acids is 1. The lowest BCUT2D eigenvalue weighted by atomic mass is 9.57. The normalized spacial score (nSPS) is 32.2. The highest BCUT2D eigenvalue weighted by molar-refractivity contribution is 14.0. The van der Waals surface area contributed by atoms with Crippen molar-refractivity contribution < 1.29 is 14.3 Å². The van der Waals surface area contributed by atoms with Gasteiger partial charge in [0, 0.05) is 57.1 Å². The van der Waals surface area contributed by atoms with Crippen LogP contribution in [0.5, 0.6) is 0 Å². The molecule has 0 radical (unpaired) electrons. The number of hydrogen-bond donors (Lipinski definition) is 2. The summed E-state index contributed by atoms with van der Waals surface area (Å²) in [6, 6.07) is 0.320. The van der Waals surface area contributed by atoms with E-state index in [1.807, 2.05) is 0 Å². The van der Waals surface area contributed by atoms with Gasteiger partial charge in [0.25, 0.3) is 0 Å². The molecule has 2 aliphatic heterocycles. The average Bonchev–Trinajstić information content (AvgIpc) is 3.23. The Bertz CT molecular complexity index is 521. The molecule has 1 saturated carbocycles. The zero-order valence-corrected chi connectivity index (χ0v) is 18.6. The van der Waals surface area contributed by atoms with Gasteiger partial charge in [0.2, 0.25) is 5.91 Å². The third kappa shape index (κ3) is 4.62. The second-order valence-electron chi connectivity index (χ2n) is 8.25. The number of nitrogens with one attached hydrogen (secondary N) is 2. The number of likely N-dealkylation sites (N-methyl/N-ethyl adjacent to an activating group) is 1. The molecule has 3 aliphatic rings. The highest BCUT2D eigenvalue weighted by Gasteiger charge is 2.59. The minimum atomic E-state index is 0. The molecule has 2 N–H and O–H groups in total. The summed E-state index contributed by atoms with van der Waals surface area (Å²) in [7, 11) is 3.51. The van der Waals surface area contributed by atoms with Crippen molar-refractivity contribution in [2.24, 2.45) is 22.2 Å². The van der Waals surface area contributed by atoms with E-state index < -0.39 is 0 Å². The highest BCUT2D eigenvalue weighted by Crippen LogP contribution is 2.52. The number of hydrogen-bond acceptors (Lipinski definition) is 4. The van der Waals surface area contributed by atoms with Crippen molar-refractivity contribution in [1.82, 2.24) is 15.5 Å². The van der Waals surface area contributed by atoms with Gasteiger partial charge in [-0.2, -0.15) is 0 Å². The fourth-order valence-corrected chi connectivity index (χ4v) is 4.19. The van der Waals surface area contributed by atoms with Crippen LogP contribution in [0, 0.1) is 17.3 Å². The van der Waals surface area contributed by atoms with E-state index in [9.17, 15) is 4.79 Å². The molecule has 2 heterocycles. The van der Waals surface area contributed by atoms with Gasteiger partial charge in [-0.3, -0.25) is 4.79 Å². The monoisotopic (exact) mass is 480 g/mol. The zero-order chi connectivity index (χ0) is 18.0. The lowest BCUT2D eigenvalue weighted by Gasteiger charge is -2.55. The first kappa shape index (κ1) is 21.7. The number of fused-ring (bicyclic) bond motifs is 1. The minimum Gasteiger partial charge on any atom is -0.381 e. The van der Waals surface area contributed by atoms with E-state index in [0.29, 0.717) is 24.0 Å². The second kappa shape index (κ2) is 9.05. The summed E-state index contributed by atoms with van der Waals surface area (Å²) < 4.78 is 11.3. The largest absolute Gasteiger partial charge is 0.381 e. The molecule has 0 aromatic rings. The van der Waals surface area contributed by atoms with Crippen LogP contribution in [0.3, 0.4) is 0 Å². The Kier molecular flexibility index (Phi) is 7.55. The molecular formula is C18H33IN4O3. The molecule has 4 atom stereocenters. The van der Waals surface area contributed by atoms with Crippen molar-refractivity contribution in [2.75, 3.05) is 47.0 Å². The van der Waals surface area contributed by atoms with Gasteiger partial charge in [0.1, 0.15) is 6.54 Å². The summed E-state index contributed by atoms with van der Waals surface area (Å²) >= 11 is 0. The lowest BCUT2D eigenvalue weighted by molar-refractivity contribution is -0.127. The molecule has 0 aromatic carbocycles. The van der Waals surface area contributed by atoms with Gasteiger partial charge in [-0.1, -0.05) is 13.8 Å². The topological polar surface area (TPSA) is 75.2 Å². The highest BCUT2D eigenvalue weighted by atomic mass is 127. The summed E-state index contributed by atoms with van der Waals surface area (Å²) in [5.41, 5.74) is 0.0750. The van der Waals surface area contributed by atoms with Gasteiger partial charge in [0.05, 0.1) is 12.7 Å². The summed E-state index contributed by atoms with van der Waals surface area (Å²) in [5.74, 6) is 1.76. The molecule has 0 spiro atoms. The first-order valence-corrected chi connectivity index (χ1v) is 9.34. The van der Waals surface area contributed by atoms with Crippen molar-refractivity contribution >= 4 is 35.8 Å². The molecule has 26 heavy (non-hydrogen) atoms. The fraction of sp³-hybridized carbons (Fsp3) is 0.889. The molecule has 1 amide bonds. The van der Waals surface area contributed by atoms with Gasteiger partial charge >= 0.3 is 0 Å². The number of nitrogens with zero attached hydrogens (tertiary/aromatic N) is 2. The molecular weight excluding hydrogens is 447 g/mol. The summed E-state index contributed by atoms with van der Waals surface area (Å²) in [4.78, 5) is 18.0. The van der Waals surface area contributed by atoms with Gasteiger partial charge in [-0.05, 0) is 12.8 Å². The molecule has 150 valence electrons. The maximum atomic E-state index is 11.9. The third-order valence-electron chi connectivity index (χ3n) is 5.85. The molecule has 7 nitrogen and oxygen atoms in total. The van der Waals surface area contributed by atoms with Crippen LogP contribution >= 0.6 is 24.0 Å². The van der Waals surface area contributed by atoms with Crippen LogP contribution < -0.4 is 10.6 Å². The second-order valence-corrected chi connectivity index (χ2v) is 8.25. The van der Waals surface area contributed by atoms with Crippen LogP contribution in [0.1, 0.15) is 26.7 Å². The quantitative estimate of drug-likeness (QED) is 0.350. The van der Waals surface area contributed by atoms with Crippen LogP contribution in [0.15, 0.2) is 4.99 Å². The van der Waals surface area contributed by atoms with Crippen molar-refractivity contribution in [2.45, 2.75) is 38.8 Å². The maximum Gasteiger partial charge on any atom is 0.243 e. The maximum absolute atomic E-state index is 11.9. The van der Waals surface area contributed by atoms with Crippen molar-refractivity contribution in [1.29, 1.82) is 0 Å². The van der Waals surface area contributed by atoms with E-state index in [0.717, 1.165) is 45.2 Å². The van der Waals surface area contributed by atoms with Crippen LogP contribution in [0.25, 0.3) is 0 Å². The minimum absolute atomic E-state index is 0. The molecule has 3 rings (SSSR count). The van der Waals surface area contributed by atoms with Crippen LogP contribution in [0.4, 0.5) is 0 Å². The van der Waals surface area contributed by atoms with Gasteiger partial charge < -0.3 is 25.0 Å². The van der Waals surface area contributed by atoms with Crippen molar-refractivity contribution in [3.8, 4) is 0 Å². The van der Waals surface area contributed by atoms with Crippen LogP contribution in [0.2, 0.25) is 0 Å². The zero-order valence-electron chi connectivity index (χ0n) is 16.3. The van der Waals surface area contributed by atoms with Crippen molar-refractivity contribution in [3.63, 3.8) is 0 Å². The summed E-state index contributed by atoms with van der Waals surface area (Å²) in [6.45, 7) is 7.93. The van der Waals surface area contributed by atoms with Crippen LogP contribution in [-0.2, 0) is 14.3 Å². The summed E-state index contributed by atoms with van der Waals surface area (Å²) in [5, 5.41) is 7.00. The number of amides is 1. The number of halogens is 1. The SMILES string of the molecule is CN(C)C(=O)CN=C(NCC1CCOC1)NC1C2CCOC2C1(C)C.I. The molecule has 3 fully saturated rings. The van der Waals surface area contributed by atoms with E-state index in [-0.39, 0.29) is 41.8 Å². The average molecular weight is 480 g/mol. The van der Waals surface area contributed by atoms with Gasteiger partial charge in [-0.25, -0.2) is 4.99 Å². The number of ether oxygens (including phenoxy) is 2. The van der Waals surface area contributed by atoms with E-state index >= 15 is 0 Å². The molecule has 8 heteroatoms. The standard InChI is InChI=1S/C18H32N4O3.HI/c1-18(2)15(13-6-8-25-16(13)18)21-17(20-10-14(23)22(3)4)19-9-12-5-7-24-11-12;/h12-13,15-16H,5-11H2,1-4H3,(H2,19,20,21);1H. The number of rotatable bonds is 5. The molecule has 0 aromatic heterocycles. The fourth-order valence-electron chi connectivity index (χ4n) is 4.19. The van der Waals surface area contributed by atoms with Gasteiger partial charge in [-0.15, -0.1) is 24.0 Å². The first-order chi connectivity index (χ1) is 11.9. The van der Waals surface area contributed by atoms with E-state index in [2.05, 4.69) is 29.5 Å². The number of aliphatic imine (C=N–C) groups is 1. The molecule has 4 unspecified atom stereocenters. The third-order valence-corrected chi connectivity index (χ3v) is 5.85. The predicted molar refractivity (Wildman–Crippen MR) is 112 cm³/mol. The lowest BCUT2D eigenvalue weighted by Crippen LogP contribution is -2.68. The van der Waals surface area contributed by atoms with E-state index in [4.69, 9.17) is 9.47 Å². The van der Waals surface area contributed by atoms with Crippen LogP contribution in [-0.4, -0.2) is 75.9 Å². The first-order valence-electron chi connectivity index (χ1n) is 9.34. The molecule has 2 saturated heterocycles. The van der Waals surface area contributed by atoms with Crippen molar-refractivity contribution in [3.05, 3.63) is 0 Å². The molecule has 0 bridgehead atoms. The number of carbonyl (C=O) groups is 1.